The summed E-state index contributed by atoms with van der Waals surface area (Å²) in [5, 5.41) is 24.8. The molecule has 7 heteroatoms. The number of nitriles is 2. The Hall–Kier alpha value is -7.87. The Morgan fingerprint density at radius 1 is 0.397 bits per heavy atom. The van der Waals surface area contributed by atoms with Crippen LogP contribution in [0.5, 0.6) is 0 Å². The number of hydrogen-bond acceptors (Lipinski definition) is 2. The molecule has 10 aromatic rings. The van der Waals surface area contributed by atoms with Crippen molar-refractivity contribution < 1.29 is 13.2 Å². The first-order valence-corrected chi connectivity index (χ1v) is 18.7. The van der Waals surface area contributed by atoms with Crippen LogP contribution in [-0.4, -0.2) is 9.13 Å². The van der Waals surface area contributed by atoms with Gasteiger partial charge in [0.15, 0.2) is 0 Å². The summed E-state index contributed by atoms with van der Waals surface area (Å²) in [6, 6.07) is 59.5. The van der Waals surface area contributed by atoms with Crippen molar-refractivity contribution >= 4 is 43.6 Å². The molecule has 0 spiro atoms. The Bertz CT molecular complexity index is 3160. The lowest BCUT2D eigenvalue weighted by atomic mass is 9.94. The third kappa shape index (κ3) is 5.52. The highest BCUT2D eigenvalue weighted by molar-refractivity contribution is 6.12. The molecule has 0 bridgehead atoms. The second-order valence-corrected chi connectivity index (χ2v) is 14.3. The van der Waals surface area contributed by atoms with Gasteiger partial charge in [0.2, 0.25) is 0 Å². The van der Waals surface area contributed by atoms with E-state index in [9.17, 15) is 10.5 Å². The number of halogens is 3. The number of alkyl halides is 3. The van der Waals surface area contributed by atoms with Crippen molar-refractivity contribution in [3.8, 4) is 56.9 Å². The van der Waals surface area contributed by atoms with E-state index in [0.717, 1.165) is 71.9 Å². The van der Waals surface area contributed by atoms with Gasteiger partial charge in [-0.15, -0.1) is 0 Å². The van der Waals surface area contributed by atoms with E-state index < -0.39 is 11.7 Å². The fourth-order valence-electron chi connectivity index (χ4n) is 8.42. The van der Waals surface area contributed by atoms with E-state index in [4.69, 9.17) is 0 Å². The van der Waals surface area contributed by atoms with Gasteiger partial charge in [0.25, 0.3) is 0 Å². The van der Waals surface area contributed by atoms with Crippen LogP contribution in [-0.2, 0) is 6.18 Å². The number of benzene rings is 8. The van der Waals surface area contributed by atoms with Crippen LogP contribution in [0, 0.1) is 22.7 Å². The average molecular weight is 755 g/mol. The number of hydrogen-bond donors (Lipinski definition) is 0. The molecule has 0 atom stereocenters. The van der Waals surface area contributed by atoms with Gasteiger partial charge in [0, 0.05) is 21.5 Å². The molecule has 0 amide bonds. The van der Waals surface area contributed by atoms with Crippen molar-refractivity contribution in [3.05, 3.63) is 193 Å². The van der Waals surface area contributed by atoms with Gasteiger partial charge >= 0.3 is 6.18 Å². The van der Waals surface area contributed by atoms with Crippen LogP contribution < -0.4 is 0 Å². The maximum atomic E-state index is 15.0. The van der Waals surface area contributed by atoms with Gasteiger partial charge in [-0.05, 0) is 81.9 Å². The third-order valence-electron chi connectivity index (χ3n) is 11.0. The van der Waals surface area contributed by atoms with Crippen molar-refractivity contribution in [2.24, 2.45) is 0 Å². The van der Waals surface area contributed by atoms with Gasteiger partial charge in [0.1, 0.15) is 11.6 Å². The van der Waals surface area contributed by atoms with E-state index in [2.05, 4.69) is 42.5 Å². The Balaban J connectivity index is 1.37. The van der Waals surface area contributed by atoms with Crippen molar-refractivity contribution in [3.63, 3.8) is 0 Å². The van der Waals surface area contributed by atoms with Crippen molar-refractivity contribution in [1.29, 1.82) is 10.5 Å². The molecule has 0 aliphatic heterocycles. The molecule has 2 heterocycles. The van der Waals surface area contributed by atoms with Crippen LogP contribution in [0.2, 0.25) is 0 Å². The molecule has 0 saturated heterocycles. The summed E-state index contributed by atoms with van der Waals surface area (Å²) in [5.74, 6) is 0. The fourth-order valence-corrected chi connectivity index (χ4v) is 8.42. The lowest BCUT2D eigenvalue weighted by Gasteiger charge is -2.20. The second kappa shape index (κ2) is 13.4. The summed E-state index contributed by atoms with van der Waals surface area (Å²) in [4.78, 5) is 0. The molecule has 0 saturated carbocycles. The van der Waals surface area contributed by atoms with Crippen LogP contribution >= 0.6 is 0 Å². The Morgan fingerprint density at radius 3 is 1.33 bits per heavy atom. The molecule has 2 aromatic heterocycles. The molecule has 58 heavy (non-hydrogen) atoms. The maximum absolute atomic E-state index is 15.0. The summed E-state index contributed by atoms with van der Waals surface area (Å²) in [7, 11) is 0. The average Bonchev–Trinajstić information content (AvgIpc) is 3.78. The summed E-state index contributed by atoms with van der Waals surface area (Å²) >= 11 is 0. The Kier molecular flexibility index (Phi) is 8.00. The van der Waals surface area contributed by atoms with Gasteiger partial charge < -0.3 is 9.13 Å². The number of aromatic nitrogens is 2. The number of rotatable bonds is 5. The highest BCUT2D eigenvalue weighted by Gasteiger charge is 2.35. The zero-order valence-electron chi connectivity index (χ0n) is 30.7. The molecule has 0 aliphatic carbocycles. The van der Waals surface area contributed by atoms with Gasteiger partial charge in [-0.25, -0.2) is 0 Å². The molecule has 274 valence electrons. The summed E-state index contributed by atoms with van der Waals surface area (Å²) in [5.41, 5.74) is 7.35. The lowest BCUT2D eigenvalue weighted by molar-refractivity contribution is -0.137. The third-order valence-corrected chi connectivity index (χ3v) is 11.0. The molecule has 0 radical (unpaired) electrons. The molecule has 8 aromatic carbocycles. The zero-order valence-corrected chi connectivity index (χ0v) is 30.7. The SMILES string of the molecule is N#Cc1ccc(-c2cc(-n3c4ccccc4c4ccc(-c5ccccc5)cc43)c(C#N)c(-n3c4ccccc4c4ccc(-c5ccccc5)cc43)c2)c(C(F)(F)F)c1. The standard InChI is InChI=1S/C51H29F3N4/c52-51(53,54)44-25-32(30-55)19-22-38(44)37-28-49(57-45-17-9-7-15-39(45)41-23-20-35(26-47(41)57)33-11-3-1-4-12-33)43(31-56)50(29-37)58-46-18-10-8-16-40(46)42-24-21-36(27-48(42)58)34-13-5-2-6-14-34/h1-29H. The van der Waals surface area contributed by atoms with Crippen LogP contribution in [0.25, 0.3) is 88.4 Å². The van der Waals surface area contributed by atoms with E-state index >= 15 is 13.2 Å². The molecule has 4 nitrogen and oxygen atoms in total. The van der Waals surface area contributed by atoms with Crippen LogP contribution in [0.15, 0.2) is 176 Å². The minimum Gasteiger partial charge on any atom is -0.308 e. The highest BCUT2D eigenvalue weighted by Crippen LogP contribution is 2.44. The molecule has 10 rings (SSSR count). The van der Waals surface area contributed by atoms with E-state index in [1.54, 1.807) is 12.1 Å². The Morgan fingerprint density at radius 2 is 0.862 bits per heavy atom. The van der Waals surface area contributed by atoms with Gasteiger partial charge in [-0.3, -0.25) is 0 Å². The van der Waals surface area contributed by atoms with E-state index in [1.807, 2.05) is 124 Å². The minimum atomic E-state index is -4.77. The topological polar surface area (TPSA) is 57.4 Å². The zero-order chi connectivity index (χ0) is 39.5. The minimum absolute atomic E-state index is 0.100. The predicted octanol–water partition coefficient (Wildman–Crippen LogP) is 13.6. The van der Waals surface area contributed by atoms with Crippen molar-refractivity contribution in [2.75, 3.05) is 0 Å². The number of nitrogens with zero attached hydrogens (tertiary/aromatic N) is 4. The van der Waals surface area contributed by atoms with Crippen molar-refractivity contribution in [2.45, 2.75) is 6.18 Å². The maximum Gasteiger partial charge on any atom is 0.417 e. The molecular weight excluding hydrogens is 726 g/mol. The first kappa shape index (κ1) is 34.6. The molecule has 0 unspecified atom stereocenters. The summed E-state index contributed by atoms with van der Waals surface area (Å²) in [6.07, 6.45) is -4.77. The summed E-state index contributed by atoms with van der Waals surface area (Å²) in [6.45, 7) is 0. The normalized spacial score (nSPS) is 11.7. The van der Waals surface area contributed by atoms with E-state index in [0.29, 0.717) is 11.4 Å². The molecular formula is C51H29F3N4. The van der Waals surface area contributed by atoms with Crippen molar-refractivity contribution in [1.82, 2.24) is 9.13 Å². The molecule has 0 aliphatic rings. The lowest BCUT2D eigenvalue weighted by Crippen LogP contribution is -2.09. The van der Waals surface area contributed by atoms with Crippen LogP contribution in [0.1, 0.15) is 16.7 Å². The monoisotopic (exact) mass is 754 g/mol. The summed E-state index contributed by atoms with van der Waals surface area (Å²) < 4.78 is 49.1. The van der Waals surface area contributed by atoms with Crippen LogP contribution in [0.3, 0.4) is 0 Å². The number of para-hydroxylation sites is 2. The second-order valence-electron chi connectivity index (χ2n) is 14.3. The predicted molar refractivity (Wildman–Crippen MR) is 226 cm³/mol. The number of fused-ring (bicyclic) bond motifs is 6. The fraction of sp³-hybridized carbons (Fsp3) is 0.0196. The first-order valence-electron chi connectivity index (χ1n) is 18.7. The van der Waals surface area contributed by atoms with Gasteiger partial charge in [0.05, 0.1) is 50.6 Å². The van der Waals surface area contributed by atoms with Crippen LogP contribution in [0.4, 0.5) is 13.2 Å². The van der Waals surface area contributed by atoms with Gasteiger partial charge in [-0.1, -0.05) is 127 Å². The van der Waals surface area contributed by atoms with Gasteiger partial charge in [-0.2, -0.15) is 23.7 Å². The quantitative estimate of drug-likeness (QED) is 0.176. The Labute approximate surface area is 331 Å². The van der Waals surface area contributed by atoms with E-state index in [-0.39, 0.29) is 22.3 Å². The molecule has 0 fully saturated rings. The first-order chi connectivity index (χ1) is 28.3. The smallest absolute Gasteiger partial charge is 0.308 e. The van der Waals surface area contributed by atoms with E-state index in [1.165, 1.54) is 12.1 Å². The molecule has 0 N–H and O–H groups in total. The largest absolute Gasteiger partial charge is 0.417 e. The highest BCUT2D eigenvalue weighted by atomic mass is 19.4.